The summed E-state index contributed by atoms with van der Waals surface area (Å²) in [5, 5.41) is 11.3. The van der Waals surface area contributed by atoms with Crippen LogP contribution in [0.3, 0.4) is 0 Å². The normalized spacial score (nSPS) is 13.3. The summed E-state index contributed by atoms with van der Waals surface area (Å²) < 4.78 is 0. The van der Waals surface area contributed by atoms with E-state index in [0.717, 1.165) is 6.42 Å². The molecule has 0 atom stereocenters. The molecule has 0 aliphatic rings. The van der Waals surface area contributed by atoms with Gasteiger partial charge in [-0.2, -0.15) is 0 Å². The van der Waals surface area contributed by atoms with Crippen LogP contribution in [0.25, 0.3) is 0 Å². The molecule has 0 spiro atoms. The molecule has 60 valence electrons. The van der Waals surface area contributed by atoms with Crippen molar-refractivity contribution in [1.82, 2.24) is 0 Å². The van der Waals surface area contributed by atoms with E-state index in [4.69, 9.17) is 5.21 Å². The summed E-state index contributed by atoms with van der Waals surface area (Å²) in [6, 6.07) is 0. The molecule has 0 aliphatic carbocycles. The summed E-state index contributed by atoms with van der Waals surface area (Å²) >= 11 is 0. The van der Waals surface area contributed by atoms with Gasteiger partial charge in [0.2, 0.25) is 0 Å². The molecule has 2 heteroatoms. The molecule has 0 unspecified atom stereocenters. The van der Waals surface area contributed by atoms with Crippen LogP contribution in [0.2, 0.25) is 0 Å². The highest BCUT2D eigenvalue weighted by atomic mass is 16.4. The molecule has 0 rings (SSSR count). The highest BCUT2D eigenvalue weighted by Gasteiger charge is 2.16. The van der Waals surface area contributed by atoms with Crippen molar-refractivity contribution in [3.63, 3.8) is 0 Å². The molecule has 0 amide bonds. The van der Waals surface area contributed by atoms with Gasteiger partial charge < -0.3 is 5.21 Å². The van der Waals surface area contributed by atoms with Gasteiger partial charge in [-0.05, 0) is 12.3 Å². The number of hydrogen-bond acceptors (Lipinski definition) is 2. The Kier molecular flexibility index (Phi) is 3.40. The number of nitrogens with zero attached hydrogens (tertiary/aromatic N) is 1. The topological polar surface area (TPSA) is 32.6 Å². The molecule has 0 aromatic rings. The predicted molar refractivity (Wildman–Crippen MR) is 43.5 cm³/mol. The van der Waals surface area contributed by atoms with E-state index in [1.807, 2.05) is 0 Å². The Bertz CT molecular complexity index is 116. The van der Waals surface area contributed by atoms with Crippen LogP contribution < -0.4 is 0 Å². The molecule has 1 N–H and O–H groups in total. The molecular formula is C8H17NO. The minimum absolute atomic E-state index is 0.0307. The van der Waals surface area contributed by atoms with Gasteiger partial charge in [0.25, 0.3) is 0 Å². The van der Waals surface area contributed by atoms with Crippen LogP contribution >= 0.6 is 0 Å². The van der Waals surface area contributed by atoms with Crippen LogP contribution in [-0.4, -0.2) is 11.4 Å². The third kappa shape index (κ3) is 4.36. The molecule has 0 aromatic heterocycles. The Hall–Kier alpha value is -0.530. The lowest BCUT2D eigenvalue weighted by Crippen LogP contribution is -2.15. The van der Waals surface area contributed by atoms with Gasteiger partial charge >= 0.3 is 0 Å². The smallest absolute Gasteiger partial charge is 0.0492 e. The first kappa shape index (κ1) is 9.47. The van der Waals surface area contributed by atoms with Crippen LogP contribution in [-0.2, 0) is 0 Å². The first-order valence-electron chi connectivity index (χ1n) is 3.66. The first-order valence-corrected chi connectivity index (χ1v) is 3.66. The molecule has 2 nitrogen and oxygen atoms in total. The summed E-state index contributed by atoms with van der Waals surface area (Å²) in [5.41, 5.74) is 0.0307. The third-order valence-corrected chi connectivity index (χ3v) is 1.34. The Morgan fingerprint density at radius 1 is 1.50 bits per heavy atom. The summed E-state index contributed by atoms with van der Waals surface area (Å²) in [7, 11) is 0. The van der Waals surface area contributed by atoms with Crippen LogP contribution in [0.4, 0.5) is 0 Å². The fourth-order valence-corrected chi connectivity index (χ4v) is 1.26. The average molecular weight is 143 g/mol. The third-order valence-electron chi connectivity index (χ3n) is 1.34. The van der Waals surface area contributed by atoms with E-state index in [0.29, 0.717) is 5.92 Å². The van der Waals surface area contributed by atoms with Crippen molar-refractivity contribution < 1.29 is 5.21 Å². The zero-order chi connectivity index (χ0) is 8.20. The monoisotopic (exact) mass is 143 g/mol. The standard InChI is InChI=1S/C8H17NO/c1-7(2)5-8(3,4)6-9-10/h6-7,10H,5H2,1-4H3/b9-6+. The van der Waals surface area contributed by atoms with Crippen LogP contribution in [0.5, 0.6) is 0 Å². The molecule has 0 heterocycles. The lowest BCUT2D eigenvalue weighted by Gasteiger charge is -2.20. The molecule has 0 radical (unpaired) electrons. The quantitative estimate of drug-likeness (QED) is 0.367. The van der Waals surface area contributed by atoms with E-state index in [2.05, 4.69) is 32.9 Å². The first-order chi connectivity index (χ1) is 4.48. The van der Waals surface area contributed by atoms with E-state index < -0.39 is 0 Å². The van der Waals surface area contributed by atoms with Gasteiger partial charge in [0.1, 0.15) is 0 Å². The minimum atomic E-state index is 0.0307. The Morgan fingerprint density at radius 2 is 2.00 bits per heavy atom. The maximum absolute atomic E-state index is 8.28. The van der Waals surface area contributed by atoms with Gasteiger partial charge in [0.05, 0.1) is 0 Å². The van der Waals surface area contributed by atoms with Gasteiger partial charge in [-0.3, -0.25) is 0 Å². The van der Waals surface area contributed by atoms with Gasteiger partial charge in [-0.1, -0.05) is 27.7 Å². The van der Waals surface area contributed by atoms with Crippen molar-refractivity contribution in [2.24, 2.45) is 16.5 Å². The summed E-state index contributed by atoms with van der Waals surface area (Å²) in [6.45, 7) is 8.44. The second kappa shape index (κ2) is 3.59. The molecule has 0 aromatic carbocycles. The number of rotatable bonds is 3. The van der Waals surface area contributed by atoms with Crippen LogP contribution in [0.1, 0.15) is 34.1 Å². The molecule has 0 saturated heterocycles. The fourth-order valence-electron chi connectivity index (χ4n) is 1.26. The van der Waals surface area contributed by atoms with Crippen molar-refractivity contribution in [3.05, 3.63) is 0 Å². The highest BCUT2D eigenvalue weighted by Crippen LogP contribution is 2.22. The van der Waals surface area contributed by atoms with E-state index in [1.54, 1.807) is 6.21 Å². The Labute approximate surface area is 62.9 Å². The van der Waals surface area contributed by atoms with E-state index in [1.165, 1.54) is 0 Å². The minimum Gasteiger partial charge on any atom is -0.411 e. The van der Waals surface area contributed by atoms with E-state index in [9.17, 15) is 0 Å². The summed E-state index contributed by atoms with van der Waals surface area (Å²) in [5.74, 6) is 0.646. The average Bonchev–Trinajstić information content (AvgIpc) is 1.59. The summed E-state index contributed by atoms with van der Waals surface area (Å²) in [4.78, 5) is 0. The largest absolute Gasteiger partial charge is 0.411 e. The molecule has 10 heavy (non-hydrogen) atoms. The van der Waals surface area contributed by atoms with Crippen molar-refractivity contribution in [1.29, 1.82) is 0 Å². The summed E-state index contributed by atoms with van der Waals surface area (Å²) in [6.07, 6.45) is 2.64. The molecule has 0 aliphatic heterocycles. The van der Waals surface area contributed by atoms with Gasteiger partial charge in [0.15, 0.2) is 0 Å². The van der Waals surface area contributed by atoms with Crippen molar-refractivity contribution >= 4 is 6.21 Å². The van der Waals surface area contributed by atoms with E-state index >= 15 is 0 Å². The Balaban J connectivity index is 3.86. The van der Waals surface area contributed by atoms with E-state index in [-0.39, 0.29) is 5.41 Å². The van der Waals surface area contributed by atoms with Crippen molar-refractivity contribution in [2.75, 3.05) is 0 Å². The molecular weight excluding hydrogens is 126 g/mol. The number of oxime groups is 1. The van der Waals surface area contributed by atoms with Crippen molar-refractivity contribution in [3.8, 4) is 0 Å². The maximum Gasteiger partial charge on any atom is 0.0492 e. The molecule has 0 saturated carbocycles. The SMILES string of the molecule is CC(C)CC(C)(C)/C=N/O. The van der Waals surface area contributed by atoms with Crippen molar-refractivity contribution in [2.45, 2.75) is 34.1 Å². The van der Waals surface area contributed by atoms with Crippen LogP contribution in [0, 0.1) is 11.3 Å². The molecule has 0 fully saturated rings. The van der Waals surface area contributed by atoms with Gasteiger partial charge in [-0.25, -0.2) is 0 Å². The lowest BCUT2D eigenvalue weighted by molar-refractivity contribution is 0.307. The second-order valence-corrected chi connectivity index (χ2v) is 3.83. The predicted octanol–water partition coefficient (Wildman–Crippen LogP) is 2.52. The number of hydrogen-bond donors (Lipinski definition) is 1. The van der Waals surface area contributed by atoms with Gasteiger partial charge in [0, 0.05) is 11.6 Å². The Morgan fingerprint density at radius 3 is 2.30 bits per heavy atom. The highest BCUT2D eigenvalue weighted by molar-refractivity contribution is 5.63. The fraction of sp³-hybridized carbons (Fsp3) is 0.875. The maximum atomic E-state index is 8.28. The van der Waals surface area contributed by atoms with Gasteiger partial charge in [-0.15, -0.1) is 5.16 Å². The molecule has 0 bridgehead atoms. The second-order valence-electron chi connectivity index (χ2n) is 3.83. The zero-order valence-electron chi connectivity index (χ0n) is 7.26. The van der Waals surface area contributed by atoms with Crippen LogP contribution in [0.15, 0.2) is 5.16 Å². The zero-order valence-corrected chi connectivity index (χ0v) is 7.26. The lowest BCUT2D eigenvalue weighted by atomic mass is 9.85.